The summed E-state index contributed by atoms with van der Waals surface area (Å²) in [5.41, 5.74) is 6.86. The van der Waals surface area contributed by atoms with Crippen LogP contribution >= 0.6 is 34.9 Å². The van der Waals surface area contributed by atoms with Crippen LogP contribution in [0.25, 0.3) is 0 Å². The fraction of sp³-hybridized carbons (Fsp3) is 0.615. The number of hydrogen-bond acceptors (Lipinski definition) is 6. The predicted molar refractivity (Wildman–Crippen MR) is 92.7 cm³/mol. The van der Waals surface area contributed by atoms with Gasteiger partial charge in [-0.15, -0.1) is 23.1 Å². The molecule has 0 aliphatic carbocycles. The van der Waals surface area contributed by atoms with Gasteiger partial charge in [0.15, 0.2) is 0 Å². The smallest absolute Gasteiger partial charge is 0.265 e. The van der Waals surface area contributed by atoms with Crippen molar-refractivity contribution in [2.75, 3.05) is 55.6 Å². The number of nitrogens with zero attached hydrogens (tertiary/aromatic N) is 2. The summed E-state index contributed by atoms with van der Waals surface area (Å²) in [4.78, 5) is 17.9. The van der Waals surface area contributed by atoms with Crippen molar-refractivity contribution in [1.82, 2.24) is 4.90 Å². The maximum absolute atomic E-state index is 12.2. The molecule has 1 fully saturated rings. The summed E-state index contributed by atoms with van der Waals surface area (Å²) in [6.07, 6.45) is 3.21. The van der Waals surface area contributed by atoms with Gasteiger partial charge in [-0.3, -0.25) is 4.79 Å². The Hall–Kier alpha value is -0.530. The van der Waals surface area contributed by atoms with Crippen LogP contribution in [0.1, 0.15) is 16.1 Å². The lowest BCUT2D eigenvalue weighted by atomic mass is 10.3. The van der Waals surface area contributed by atoms with E-state index in [0.717, 1.165) is 23.7 Å². The largest absolute Gasteiger partial charge is 0.396 e. The minimum atomic E-state index is -0.00162. The zero-order chi connectivity index (χ0) is 14.7. The molecular weight excluding hydrogens is 310 g/mol. The van der Waals surface area contributed by atoms with Crippen molar-refractivity contribution < 1.29 is 4.79 Å². The lowest BCUT2D eigenvalue weighted by Gasteiger charge is -2.21. The number of carbonyl (C=O) groups excluding carboxylic acids is 1. The first-order valence-electron chi connectivity index (χ1n) is 6.56. The van der Waals surface area contributed by atoms with Crippen molar-refractivity contribution in [3.8, 4) is 0 Å². The highest BCUT2D eigenvalue weighted by atomic mass is 32.2. The SMILES string of the molecule is CSc1c(N2CCCSCC2)sc(C(=O)N(C)C)c1N. The summed E-state index contributed by atoms with van der Waals surface area (Å²) >= 11 is 5.18. The first-order chi connectivity index (χ1) is 9.56. The van der Waals surface area contributed by atoms with E-state index in [9.17, 15) is 4.79 Å². The van der Waals surface area contributed by atoms with Gasteiger partial charge in [0.1, 0.15) is 9.88 Å². The molecule has 0 aromatic carbocycles. The first-order valence-corrected chi connectivity index (χ1v) is 9.76. The topological polar surface area (TPSA) is 49.6 Å². The Morgan fingerprint density at radius 2 is 2.10 bits per heavy atom. The average Bonchev–Trinajstić information content (AvgIpc) is 2.62. The van der Waals surface area contributed by atoms with Crippen LogP contribution in [0.2, 0.25) is 0 Å². The number of rotatable bonds is 3. The first kappa shape index (κ1) is 15.9. The molecule has 1 aliphatic rings. The molecule has 2 rings (SSSR count). The minimum absolute atomic E-state index is 0.00162. The molecule has 4 nitrogen and oxygen atoms in total. The van der Waals surface area contributed by atoms with Gasteiger partial charge in [-0.2, -0.15) is 11.8 Å². The minimum Gasteiger partial charge on any atom is -0.396 e. The van der Waals surface area contributed by atoms with E-state index in [1.807, 2.05) is 18.0 Å². The molecule has 0 atom stereocenters. The van der Waals surface area contributed by atoms with Crippen LogP contribution in [0.5, 0.6) is 0 Å². The molecule has 1 aromatic rings. The van der Waals surface area contributed by atoms with E-state index >= 15 is 0 Å². The standard InChI is InChI=1S/C13H21N3OS3/c1-15(2)12(17)10-9(14)11(18-3)13(20-10)16-5-4-7-19-8-6-16/h4-8,14H2,1-3H3. The Kier molecular flexibility index (Phi) is 5.51. The summed E-state index contributed by atoms with van der Waals surface area (Å²) in [6.45, 7) is 2.09. The predicted octanol–water partition coefficient (Wildman–Crippen LogP) is 2.70. The number of anilines is 2. The van der Waals surface area contributed by atoms with E-state index in [4.69, 9.17) is 5.73 Å². The third kappa shape index (κ3) is 3.20. The maximum Gasteiger partial charge on any atom is 0.265 e. The highest BCUT2D eigenvalue weighted by Gasteiger charge is 2.25. The molecule has 112 valence electrons. The molecule has 7 heteroatoms. The number of thiophene rings is 1. The Morgan fingerprint density at radius 1 is 1.35 bits per heavy atom. The molecule has 0 bridgehead atoms. The van der Waals surface area contributed by atoms with Crippen LogP contribution in [0.3, 0.4) is 0 Å². The van der Waals surface area contributed by atoms with Gasteiger partial charge < -0.3 is 15.5 Å². The van der Waals surface area contributed by atoms with E-state index in [0.29, 0.717) is 10.6 Å². The van der Waals surface area contributed by atoms with Crippen LogP contribution in [0.15, 0.2) is 4.90 Å². The fourth-order valence-corrected chi connectivity index (χ4v) is 5.27. The van der Waals surface area contributed by atoms with Gasteiger partial charge in [0.05, 0.1) is 10.6 Å². The molecule has 0 unspecified atom stereocenters. The zero-order valence-electron chi connectivity index (χ0n) is 12.1. The second-order valence-corrected chi connectivity index (χ2v) is 7.88. The Labute approximate surface area is 133 Å². The van der Waals surface area contributed by atoms with Crippen molar-refractivity contribution in [3.05, 3.63) is 4.88 Å². The van der Waals surface area contributed by atoms with Crippen LogP contribution < -0.4 is 10.6 Å². The molecule has 1 aromatic heterocycles. The lowest BCUT2D eigenvalue weighted by molar-refractivity contribution is 0.0833. The van der Waals surface area contributed by atoms with E-state index in [1.54, 1.807) is 42.1 Å². The second-order valence-electron chi connectivity index (χ2n) is 4.84. The van der Waals surface area contributed by atoms with Gasteiger partial charge in [0.2, 0.25) is 0 Å². The van der Waals surface area contributed by atoms with Crippen LogP contribution in [-0.4, -0.2) is 55.8 Å². The number of thioether (sulfide) groups is 2. The van der Waals surface area contributed by atoms with Crippen molar-refractivity contribution >= 4 is 51.5 Å². The van der Waals surface area contributed by atoms with Crippen LogP contribution in [0, 0.1) is 0 Å². The average molecular weight is 332 g/mol. The lowest BCUT2D eigenvalue weighted by Crippen LogP contribution is -2.25. The van der Waals surface area contributed by atoms with Crippen molar-refractivity contribution in [2.45, 2.75) is 11.3 Å². The summed E-state index contributed by atoms with van der Waals surface area (Å²) in [6, 6.07) is 0. The number of carbonyl (C=O) groups is 1. The summed E-state index contributed by atoms with van der Waals surface area (Å²) in [5.74, 6) is 2.36. The normalized spacial score (nSPS) is 16.1. The second kappa shape index (κ2) is 6.95. The summed E-state index contributed by atoms with van der Waals surface area (Å²) < 4.78 is 0. The highest BCUT2D eigenvalue weighted by molar-refractivity contribution is 7.99. The summed E-state index contributed by atoms with van der Waals surface area (Å²) in [5, 5.41) is 1.17. The number of hydrogen-bond donors (Lipinski definition) is 1. The van der Waals surface area contributed by atoms with Gasteiger partial charge in [-0.1, -0.05) is 0 Å². The quantitative estimate of drug-likeness (QED) is 0.863. The van der Waals surface area contributed by atoms with Gasteiger partial charge in [0, 0.05) is 32.9 Å². The number of nitrogens with two attached hydrogens (primary N) is 1. The molecule has 1 amide bonds. The van der Waals surface area contributed by atoms with Gasteiger partial charge >= 0.3 is 0 Å². The Bertz CT molecular complexity index is 479. The molecule has 1 saturated heterocycles. The fourth-order valence-electron chi connectivity index (χ4n) is 2.13. The van der Waals surface area contributed by atoms with Crippen molar-refractivity contribution in [2.24, 2.45) is 0 Å². The van der Waals surface area contributed by atoms with Gasteiger partial charge in [-0.05, 0) is 18.4 Å². The van der Waals surface area contributed by atoms with Crippen molar-refractivity contribution in [1.29, 1.82) is 0 Å². The van der Waals surface area contributed by atoms with Crippen LogP contribution in [-0.2, 0) is 0 Å². The molecular formula is C13H21N3OS3. The molecule has 0 radical (unpaired) electrons. The van der Waals surface area contributed by atoms with Crippen molar-refractivity contribution in [3.63, 3.8) is 0 Å². The highest BCUT2D eigenvalue weighted by Crippen LogP contribution is 2.44. The van der Waals surface area contributed by atoms with E-state index in [1.165, 1.54) is 17.2 Å². The number of amides is 1. The Morgan fingerprint density at radius 3 is 2.75 bits per heavy atom. The maximum atomic E-state index is 12.2. The van der Waals surface area contributed by atoms with Crippen LogP contribution in [0.4, 0.5) is 10.7 Å². The van der Waals surface area contributed by atoms with Gasteiger partial charge in [0.25, 0.3) is 5.91 Å². The van der Waals surface area contributed by atoms with E-state index in [-0.39, 0.29) is 5.91 Å². The third-order valence-corrected chi connectivity index (χ3v) is 6.45. The van der Waals surface area contributed by atoms with E-state index in [2.05, 4.69) is 4.90 Å². The molecule has 0 spiro atoms. The third-order valence-electron chi connectivity index (χ3n) is 3.20. The molecule has 2 heterocycles. The molecule has 2 N–H and O–H groups in total. The summed E-state index contributed by atoms with van der Waals surface area (Å²) in [7, 11) is 3.53. The Balaban J connectivity index is 2.37. The monoisotopic (exact) mass is 331 g/mol. The molecule has 20 heavy (non-hydrogen) atoms. The molecule has 0 saturated carbocycles. The zero-order valence-corrected chi connectivity index (χ0v) is 14.6. The number of nitrogen functional groups attached to an aromatic ring is 1. The molecule has 1 aliphatic heterocycles. The van der Waals surface area contributed by atoms with Gasteiger partial charge in [-0.25, -0.2) is 0 Å². The van der Waals surface area contributed by atoms with E-state index < -0.39 is 0 Å².